The van der Waals surface area contributed by atoms with E-state index >= 15 is 0 Å². The Hall–Kier alpha value is -1.51. The molecule has 0 saturated heterocycles. The molecule has 2 aromatic heterocycles. The van der Waals surface area contributed by atoms with Crippen LogP contribution in [0.5, 0.6) is 0 Å². The summed E-state index contributed by atoms with van der Waals surface area (Å²) in [5, 5.41) is 1.91. The summed E-state index contributed by atoms with van der Waals surface area (Å²) in [6.07, 6.45) is 1.58. The van der Waals surface area contributed by atoms with Gasteiger partial charge in [-0.2, -0.15) is 0 Å². The third kappa shape index (κ3) is 3.28. The van der Waals surface area contributed by atoms with Crippen LogP contribution in [0.3, 0.4) is 0 Å². The fourth-order valence-corrected chi connectivity index (χ4v) is 2.43. The minimum absolute atomic E-state index is 0.172. The third-order valence-corrected chi connectivity index (χ3v) is 3.52. The van der Waals surface area contributed by atoms with Crippen LogP contribution in [0.4, 0.5) is 5.82 Å². The van der Waals surface area contributed by atoms with Crippen molar-refractivity contribution in [3.63, 3.8) is 0 Å². The molecule has 0 aliphatic heterocycles. The molecule has 0 aromatic carbocycles. The van der Waals surface area contributed by atoms with Crippen LogP contribution in [-0.2, 0) is 6.54 Å². The molecule has 0 bridgehead atoms. The predicted octanol–water partition coefficient (Wildman–Crippen LogP) is 1.86. The zero-order valence-corrected chi connectivity index (χ0v) is 12.5. The Morgan fingerprint density at radius 3 is 3.00 bits per heavy atom. The Morgan fingerprint density at radius 2 is 2.37 bits per heavy atom. The lowest BCUT2D eigenvalue weighted by molar-refractivity contribution is 0.0784. The first-order chi connectivity index (χ1) is 9.11. The summed E-state index contributed by atoms with van der Waals surface area (Å²) >= 11 is 4.79. The van der Waals surface area contributed by atoms with Gasteiger partial charge in [0, 0.05) is 23.1 Å². The van der Waals surface area contributed by atoms with Gasteiger partial charge in [0.15, 0.2) is 5.82 Å². The van der Waals surface area contributed by atoms with Crippen molar-refractivity contribution in [2.24, 2.45) is 5.84 Å². The number of thiazole rings is 1. The van der Waals surface area contributed by atoms with Crippen molar-refractivity contribution >= 4 is 39.0 Å². The normalized spacial score (nSPS) is 10.3. The molecule has 0 spiro atoms. The van der Waals surface area contributed by atoms with E-state index in [4.69, 9.17) is 5.84 Å². The van der Waals surface area contributed by atoms with E-state index in [2.05, 4.69) is 31.3 Å². The first-order valence-corrected chi connectivity index (χ1v) is 7.10. The van der Waals surface area contributed by atoms with Gasteiger partial charge < -0.3 is 10.3 Å². The largest absolute Gasteiger partial charge is 0.336 e. The van der Waals surface area contributed by atoms with E-state index in [1.165, 1.54) is 11.3 Å². The third-order valence-electron chi connectivity index (χ3n) is 2.45. The number of hydrazine groups is 1. The first-order valence-electron chi connectivity index (χ1n) is 5.36. The van der Waals surface area contributed by atoms with E-state index < -0.39 is 0 Å². The highest BCUT2D eigenvalue weighted by atomic mass is 79.9. The van der Waals surface area contributed by atoms with E-state index in [0.29, 0.717) is 17.9 Å². The molecule has 6 nitrogen and oxygen atoms in total. The second kappa shape index (κ2) is 6.09. The van der Waals surface area contributed by atoms with Gasteiger partial charge in [-0.3, -0.25) is 4.79 Å². The summed E-state index contributed by atoms with van der Waals surface area (Å²) in [7, 11) is 1.71. The second-order valence-corrected chi connectivity index (χ2v) is 5.47. The van der Waals surface area contributed by atoms with Crippen molar-refractivity contribution in [3.05, 3.63) is 38.9 Å². The monoisotopic (exact) mass is 341 g/mol. The van der Waals surface area contributed by atoms with Crippen molar-refractivity contribution in [2.45, 2.75) is 6.54 Å². The van der Waals surface area contributed by atoms with Crippen LogP contribution >= 0.6 is 27.3 Å². The standard InChI is InChI=1S/C11H12BrN5OS/c1-17(4-8-5-19-6-15-8)11(18)9-2-7(12)3-14-10(9)16-13/h2-3,5-6H,4,13H2,1H3,(H,14,16). The maximum Gasteiger partial charge on any atom is 0.257 e. The van der Waals surface area contributed by atoms with Gasteiger partial charge in [-0.25, -0.2) is 15.8 Å². The SMILES string of the molecule is CN(Cc1cscn1)C(=O)c1cc(Br)cnc1NN. The Morgan fingerprint density at radius 1 is 1.58 bits per heavy atom. The number of halogens is 1. The van der Waals surface area contributed by atoms with E-state index in [0.717, 1.165) is 10.2 Å². The van der Waals surface area contributed by atoms with Gasteiger partial charge >= 0.3 is 0 Å². The Kier molecular flexibility index (Phi) is 4.46. The van der Waals surface area contributed by atoms with E-state index in [-0.39, 0.29) is 5.91 Å². The molecule has 0 aliphatic carbocycles. The summed E-state index contributed by atoms with van der Waals surface area (Å²) in [5.41, 5.74) is 5.43. The minimum atomic E-state index is -0.172. The highest BCUT2D eigenvalue weighted by Crippen LogP contribution is 2.19. The number of anilines is 1. The lowest BCUT2D eigenvalue weighted by Gasteiger charge is -2.17. The van der Waals surface area contributed by atoms with Crippen molar-refractivity contribution in [3.8, 4) is 0 Å². The molecule has 100 valence electrons. The molecule has 2 aromatic rings. The average Bonchev–Trinajstić information content (AvgIpc) is 2.90. The summed E-state index contributed by atoms with van der Waals surface area (Å²) in [4.78, 5) is 22.1. The molecular formula is C11H12BrN5OS. The Balaban J connectivity index is 2.21. The topological polar surface area (TPSA) is 84.1 Å². The predicted molar refractivity (Wildman–Crippen MR) is 77.7 cm³/mol. The summed E-state index contributed by atoms with van der Waals surface area (Å²) in [6.45, 7) is 0.443. The maximum atomic E-state index is 12.3. The zero-order valence-electron chi connectivity index (χ0n) is 10.1. The quantitative estimate of drug-likeness (QED) is 0.654. The number of pyridine rings is 1. The number of nitrogens with zero attached hydrogens (tertiary/aromatic N) is 3. The van der Waals surface area contributed by atoms with Crippen LogP contribution < -0.4 is 11.3 Å². The average molecular weight is 342 g/mol. The molecule has 2 rings (SSSR count). The van der Waals surface area contributed by atoms with Crippen LogP contribution in [-0.4, -0.2) is 27.8 Å². The van der Waals surface area contributed by atoms with E-state index in [1.807, 2.05) is 5.38 Å². The number of nitrogen functional groups attached to an aromatic ring is 1. The van der Waals surface area contributed by atoms with Gasteiger partial charge in [0.25, 0.3) is 5.91 Å². The lowest BCUT2D eigenvalue weighted by atomic mass is 10.2. The molecule has 0 radical (unpaired) electrons. The summed E-state index contributed by atoms with van der Waals surface area (Å²) < 4.78 is 0.719. The molecule has 19 heavy (non-hydrogen) atoms. The molecule has 0 aliphatic rings. The number of amides is 1. The molecule has 3 N–H and O–H groups in total. The fraction of sp³-hybridized carbons (Fsp3) is 0.182. The van der Waals surface area contributed by atoms with E-state index in [9.17, 15) is 4.79 Å². The van der Waals surface area contributed by atoms with Gasteiger partial charge in [-0.15, -0.1) is 11.3 Å². The molecule has 2 heterocycles. The molecule has 0 atom stereocenters. The van der Waals surface area contributed by atoms with Crippen molar-refractivity contribution < 1.29 is 4.79 Å². The number of rotatable bonds is 4. The Labute approximate surface area is 122 Å². The van der Waals surface area contributed by atoms with Gasteiger partial charge in [0.1, 0.15) is 0 Å². The van der Waals surface area contributed by atoms with Crippen molar-refractivity contribution in [2.75, 3.05) is 12.5 Å². The number of nitrogens with one attached hydrogen (secondary N) is 1. The lowest BCUT2D eigenvalue weighted by Crippen LogP contribution is -2.28. The summed E-state index contributed by atoms with van der Waals surface area (Å²) in [5.74, 6) is 5.54. The number of aromatic nitrogens is 2. The molecule has 0 saturated carbocycles. The van der Waals surface area contributed by atoms with Crippen molar-refractivity contribution in [1.82, 2.24) is 14.9 Å². The second-order valence-electron chi connectivity index (χ2n) is 3.84. The highest BCUT2D eigenvalue weighted by molar-refractivity contribution is 9.10. The van der Waals surface area contributed by atoms with Gasteiger partial charge in [-0.1, -0.05) is 0 Å². The number of carbonyl (C=O) groups excluding carboxylic acids is 1. The number of hydrogen-bond donors (Lipinski definition) is 2. The van der Waals surface area contributed by atoms with Crippen LogP contribution in [0.1, 0.15) is 16.1 Å². The van der Waals surface area contributed by atoms with Crippen LogP contribution in [0.25, 0.3) is 0 Å². The Bertz CT molecular complexity index is 574. The van der Waals surface area contributed by atoms with E-state index in [1.54, 1.807) is 29.7 Å². The number of carbonyl (C=O) groups is 1. The van der Waals surface area contributed by atoms with Crippen LogP contribution in [0, 0.1) is 0 Å². The summed E-state index contributed by atoms with van der Waals surface area (Å²) in [6, 6.07) is 1.68. The molecule has 0 unspecified atom stereocenters. The first kappa shape index (κ1) is 13.9. The minimum Gasteiger partial charge on any atom is -0.336 e. The van der Waals surface area contributed by atoms with Gasteiger partial charge in [0.05, 0.1) is 23.3 Å². The fourth-order valence-electron chi connectivity index (χ4n) is 1.55. The van der Waals surface area contributed by atoms with Gasteiger partial charge in [-0.05, 0) is 22.0 Å². The van der Waals surface area contributed by atoms with Crippen LogP contribution in [0.15, 0.2) is 27.6 Å². The number of nitrogens with two attached hydrogens (primary N) is 1. The van der Waals surface area contributed by atoms with Gasteiger partial charge in [0.2, 0.25) is 0 Å². The smallest absolute Gasteiger partial charge is 0.257 e. The zero-order chi connectivity index (χ0) is 13.8. The molecule has 8 heteroatoms. The maximum absolute atomic E-state index is 12.3. The highest BCUT2D eigenvalue weighted by Gasteiger charge is 2.17. The van der Waals surface area contributed by atoms with Crippen molar-refractivity contribution in [1.29, 1.82) is 0 Å². The van der Waals surface area contributed by atoms with Crippen LogP contribution in [0.2, 0.25) is 0 Å². The number of hydrogen-bond acceptors (Lipinski definition) is 6. The molecule has 0 fully saturated rings. The molecular weight excluding hydrogens is 330 g/mol. The molecule has 1 amide bonds.